The Bertz CT molecular complexity index is 628. The number of carboxylic acid groups (broad SMARTS) is 1. The third-order valence-corrected chi connectivity index (χ3v) is 4.31. The van der Waals surface area contributed by atoms with E-state index >= 15 is 0 Å². The molecule has 0 saturated carbocycles. The van der Waals surface area contributed by atoms with Crippen LogP contribution in [-0.2, 0) is 14.8 Å². The van der Waals surface area contributed by atoms with Gasteiger partial charge >= 0.3 is 5.97 Å². The Morgan fingerprint density at radius 1 is 1.29 bits per heavy atom. The normalized spacial score (nSPS) is 15.5. The van der Waals surface area contributed by atoms with Crippen molar-refractivity contribution in [1.82, 2.24) is 4.72 Å². The second-order valence-corrected chi connectivity index (χ2v) is 6.04. The first-order valence-corrected chi connectivity index (χ1v) is 7.68. The van der Waals surface area contributed by atoms with Gasteiger partial charge in [0, 0.05) is 12.7 Å². The molecule has 116 valence electrons. The van der Waals surface area contributed by atoms with Gasteiger partial charge in [-0.05, 0) is 18.6 Å². The smallest absolute Gasteiger partial charge is 0.321 e. The van der Waals surface area contributed by atoms with Crippen molar-refractivity contribution in [2.75, 3.05) is 19.8 Å². The zero-order chi connectivity index (χ0) is 15.5. The van der Waals surface area contributed by atoms with E-state index in [4.69, 9.17) is 19.7 Å². The van der Waals surface area contributed by atoms with Gasteiger partial charge in [0.25, 0.3) is 0 Å². The van der Waals surface area contributed by atoms with Crippen LogP contribution in [0.1, 0.15) is 6.42 Å². The first-order chi connectivity index (χ1) is 9.94. The molecular weight excluding hydrogens is 302 g/mol. The number of aliphatic hydroxyl groups is 1. The number of aliphatic hydroxyl groups excluding tert-OH is 1. The number of ether oxygens (including phenoxy) is 2. The monoisotopic (exact) mass is 317 g/mol. The van der Waals surface area contributed by atoms with Crippen LogP contribution in [0.5, 0.6) is 11.5 Å². The summed E-state index contributed by atoms with van der Waals surface area (Å²) in [5.41, 5.74) is 0. The fraction of sp³-hybridized carbons (Fsp3) is 0.417. The average Bonchev–Trinajstić information content (AvgIpc) is 2.46. The Balaban J connectivity index is 2.24. The minimum Gasteiger partial charge on any atom is -0.486 e. The van der Waals surface area contributed by atoms with Gasteiger partial charge < -0.3 is 19.7 Å². The second kappa shape index (κ2) is 6.29. The third kappa shape index (κ3) is 3.63. The highest BCUT2D eigenvalue weighted by Crippen LogP contribution is 2.32. The molecule has 21 heavy (non-hydrogen) atoms. The zero-order valence-corrected chi connectivity index (χ0v) is 11.8. The summed E-state index contributed by atoms with van der Waals surface area (Å²) in [5.74, 6) is -0.631. The summed E-state index contributed by atoms with van der Waals surface area (Å²) >= 11 is 0. The molecule has 1 aliphatic heterocycles. The molecule has 1 unspecified atom stereocenters. The highest BCUT2D eigenvalue weighted by atomic mass is 32.2. The van der Waals surface area contributed by atoms with Crippen molar-refractivity contribution in [3.05, 3.63) is 18.2 Å². The molecule has 0 fully saturated rings. The Morgan fingerprint density at radius 3 is 2.57 bits per heavy atom. The van der Waals surface area contributed by atoms with Gasteiger partial charge in [0.2, 0.25) is 10.0 Å². The largest absolute Gasteiger partial charge is 0.486 e. The van der Waals surface area contributed by atoms with Gasteiger partial charge in [-0.2, -0.15) is 4.72 Å². The second-order valence-electron chi connectivity index (χ2n) is 4.33. The lowest BCUT2D eigenvalue weighted by Gasteiger charge is -2.19. The lowest BCUT2D eigenvalue weighted by Crippen LogP contribution is -2.41. The van der Waals surface area contributed by atoms with Crippen LogP contribution in [0.15, 0.2) is 23.1 Å². The summed E-state index contributed by atoms with van der Waals surface area (Å²) in [5, 5.41) is 17.7. The number of carboxylic acids is 1. The minimum atomic E-state index is -4.04. The van der Waals surface area contributed by atoms with Crippen LogP contribution in [-0.4, -0.2) is 50.5 Å². The van der Waals surface area contributed by atoms with Gasteiger partial charge in [-0.3, -0.25) is 4.79 Å². The number of hydrogen-bond donors (Lipinski definition) is 3. The van der Waals surface area contributed by atoms with Crippen molar-refractivity contribution in [3.8, 4) is 11.5 Å². The van der Waals surface area contributed by atoms with Crippen LogP contribution < -0.4 is 14.2 Å². The van der Waals surface area contributed by atoms with E-state index in [0.717, 1.165) is 0 Å². The van der Waals surface area contributed by atoms with E-state index in [1.807, 2.05) is 4.72 Å². The number of hydrogen-bond acceptors (Lipinski definition) is 6. The topological polar surface area (TPSA) is 122 Å². The van der Waals surface area contributed by atoms with Crippen molar-refractivity contribution >= 4 is 16.0 Å². The zero-order valence-electron chi connectivity index (χ0n) is 11.0. The van der Waals surface area contributed by atoms with Gasteiger partial charge in [-0.1, -0.05) is 0 Å². The predicted octanol–water partition coefficient (Wildman–Crippen LogP) is -0.428. The number of rotatable bonds is 6. The van der Waals surface area contributed by atoms with Crippen molar-refractivity contribution in [2.45, 2.75) is 17.4 Å². The molecule has 0 radical (unpaired) electrons. The molecule has 1 aromatic carbocycles. The maximum atomic E-state index is 12.2. The molecule has 2 rings (SSSR count). The van der Waals surface area contributed by atoms with E-state index in [0.29, 0.717) is 19.0 Å². The van der Waals surface area contributed by atoms with Gasteiger partial charge in [0.15, 0.2) is 11.5 Å². The van der Waals surface area contributed by atoms with Crippen molar-refractivity contribution in [1.29, 1.82) is 0 Å². The first kappa shape index (κ1) is 15.5. The van der Waals surface area contributed by atoms with Crippen LogP contribution >= 0.6 is 0 Å². The minimum absolute atomic E-state index is 0.129. The SMILES string of the molecule is O=C(O)C(CCO)NS(=O)(=O)c1ccc2c(c1)OCCO2. The van der Waals surface area contributed by atoms with E-state index < -0.39 is 28.6 Å². The predicted molar refractivity (Wildman–Crippen MR) is 70.9 cm³/mol. The maximum Gasteiger partial charge on any atom is 0.321 e. The lowest BCUT2D eigenvalue weighted by molar-refractivity contribution is -0.139. The molecule has 0 bridgehead atoms. The van der Waals surface area contributed by atoms with Gasteiger partial charge in [0.1, 0.15) is 19.3 Å². The first-order valence-electron chi connectivity index (χ1n) is 6.19. The summed E-state index contributed by atoms with van der Waals surface area (Å²) in [7, 11) is -4.04. The Kier molecular flexibility index (Phi) is 4.66. The molecule has 0 saturated heterocycles. The molecular formula is C12H15NO7S. The van der Waals surface area contributed by atoms with E-state index in [9.17, 15) is 13.2 Å². The Morgan fingerprint density at radius 2 is 1.95 bits per heavy atom. The Labute approximate surface area is 121 Å². The molecule has 1 atom stereocenters. The highest BCUT2D eigenvalue weighted by molar-refractivity contribution is 7.89. The van der Waals surface area contributed by atoms with E-state index in [1.54, 1.807) is 0 Å². The number of nitrogens with one attached hydrogen (secondary N) is 1. The molecule has 8 nitrogen and oxygen atoms in total. The number of carbonyl (C=O) groups is 1. The quantitative estimate of drug-likeness (QED) is 0.651. The van der Waals surface area contributed by atoms with Crippen molar-refractivity contribution < 1.29 is 32.9 Å². The number of aliphatic carboxylic acids is 1. The molecule has 1 aliphatic rings. The lowest BCUT2D eigenvalue weighted by atomic mass is 10.2. The number of fused-ring (bicyclic) bond motifs is 1. The maximum absolute atomic E-state index is 12.2. The van der Waals surface area contributed by atoms with E-state index in [2.05, 4.69) is 0 Å². The standard InChI is InChI=1S/C12H15NO7S/c14-4-3-9(12(15)16)13-21(17,18)8-1-2-10-11(7-8)20-6-5-19-10/h1-2,7,9,13-14H,3-6H2,(H,15,16). The van der Waals surface area contributed by atoms with Crippen LogP contribution in [0.3, 0.4) is 0 Å². The average molecular weight is 317 g/mol. The summed E-state index contributed by atoms with van der Waals surface area (Å²) in [4.78, 5) is 10.8. The molecule has 1 aromatic rings. The van der Waals surface area contributed by atoms with Crippen LogP contribution in [0.4, 0.5) is 0 Å². The molecule has 1 heterocycles. The third-order valence-electron chi connectivity index (χ3n) is 2.84. The fourth-order valence-electron chi connectivity index (χ4n) is 1.81. The fourth-order valence-corrected chi connectivity index (χ4v) is 3.05. The van der Waals surface area contributed by atoms with Crippen molar-refractivity contribution in [3.63, 3.8) is 0 Å². The van der Waals surface area contributed by atoms with E-state index in [-0.39, 0.29) is 17.1 Å². The van der Waals surface area contributed by atoms with Gasteiger partial charge in [-0.15, -0.1) is 0 Å². The highest BCUT2D eigenvalue weighted by Gasteiger charge is 2.26. The summed E-state index contributed by atoms with van der Waals surface area (Å²) in [6.07, 6.45) is -0.223. The van der Waals surface area contributed by atoms with Crippen LogP contribution in [0.25, 0.3) is 0 Å². The van der Waals surface area contributed by atoms with Gasteiger partial charge in [0.05, 0.1) is 4.90 Å². The molecule has 0 spiro atoms. The van der Waals surface area contributed by atoms with E-state index in [1.165, 1.54) is 18.2 Å². The Hall–Kier alpha value is -1.84. The summed E-state index contributed by atoms with van der Waals surface area (Å²) < 4.78 is 36.9. The summed E-state index contributed by atoms with van der Waals surface area (Å²) in [6, 6.07) is 2.63. The molecule has 9 heteroatoms. The van der Waals surface area contributed by atoms with Crippen LogP contribution in [0.2, 0.25) is 0 Å². The van der Waals surface area contributed by atoms with Crippen molar-refractivity contribution in [2.24, 2.45) is 0 Å². The summed E-state index contributed by atoms with van der Waals surface area (Å²) in [6.45, 7) is 0.252. The number of sulfonamides is 1. The molecule has 0 aromatic heterocycles. The number of benzene rings is 1. The molecule has 0 aliphatic carbocycles. The molecule has 3 N–H and O–H groups in total. The van der Waals surface area contributed by atoms with Crippen LogP contribution in [0, 0.1) is 0 Å². The van der Waals surface area contributed by atoms with Gasteiger partial charge in [-0.25, -0.2) is 8.42 Å². The molecule has 0 amide bonds.